The topological polar surface area (TPSA) is 106 Å². The van der Waals surface area contributed by atoms with Crippen LogP contribution in [0.15, 0.2) is 60.6 Å². The first-order valence-corrected chi connectivity index (χ1v) is 8.46. The Labute approximate surface area is 167 Å². The molecule has 0 radical (unpaired) electrons. The van der Waals surface area contributed by atoms with Gasteiger partial charge in [0.25, 0.3) is 0 Å². The monoisotopic (exact) mass is 394 g/mol. The van der Waals surface area contributed by atoms with Crippen LogP contribution < -0.4 is 14.2 Å². The summed E-state index contributed by atoms with van der Waals surface area (Å²) in [5.74, 6) is -0.840. The molecule has 2 heterocycles. The molecule has 3 rings (SSSR count). The summed E-state index contributed by atoms with van der Waals surface area (Å²) in [6.07, 6.45) is 3.25. The second kappa shape index (κ2) is 9.27. The van der Waals surface area contributed by atoms with E-state index in [-0.39, 0.29) is 23.8 Å². The Hall–Kier alpha value is -4.01. The molecule has 0 bridgehead atoms. The van der Waals surface area contributed by atoms with Crippen molar-refractivity contribution in [2.24, 2.45) is 0 Å². The maximum absolute atomic E-state index is 12.7. The third-order valence-electron chi connectivity index (χ3n) is 3.74. The van der Waals surface area contributed by atoms with Crippen molar-refractivity contribution >= 4 is 11.5 Å². The van der Waals surface area contributed by atoms with Crippen LogP contribution in [-0.4, -0.2) is 47.2 Å². The molecule has 0 amide bonds. The average molecular weight is 394 g/mol. The molecular formula is C20H18N4O5. The molecule has 0 fully saturated rings. The number of carbonyl (C=O) groups excluding carboxylic acids is 1. The first-order valence-electron chi connectivity index (χ1n) is 8.46. The van der Waals surface area contributed by atoms with Crippen LogP contribution in [-0.2, 0) is 9.53 Å². The van der Waals surface area contributed by atoms with Crippen LogP contribution in [0.5, 0.6) is 18.0 Å². The van der Waals surface area contributed by atoms with Crippen molar-refractivity contribution < 1.29 is 23.7 Å². The van der Waals surface area contributed by atoms with E-state index in [0.29, 0.717) is 16.7 Å². The zero-order valence-electron chi connectivity index (χ0n) is 16.0. The van der Waals surface area contributed by atoms with E-state index in [0.717, 1.165) is 0 Å². The molecule has 3 aromatic rings. The van der Waals surface area contributed by atoms with Crippen LogP contribution in [0, 0.1) is 0 Å². The number of hydrogen-bond donors (Lipinski definition) is 0. The van der Waals surface area contributed by atoms with Crippen LogP contribution in [0.1, 0.15) is 11.1 Å². The largest absolute Gasteiger partial charge is 0.467 e. The van der Waals surface area contributed by atoms with E-state index < -0.39 is 5.97 Å². The molecule has 0 aliphatic carbocycles. The van der Waals surface area contributed by atoms with Gasteiger partial charge in [-0.05, 0) is 11.6 Å². The lowest BCUT2D eigenvalue weighted by Crippen LogP contribution is -2.16. The Balaban J connectivity index is 2.21. The minimum absolute atomic E-state index is 0.0290. The zero-order valence-corrected chi connectivity index (χ0v) is 16.0. The van der Waals surface area contributed by atoms with Crippen molar-refractivity contribution in [2.45, 2.75) is 0 Å². The summed E-state index contributed by atoms with van der Waals surface area (Å²) in [7, 11) is 4.04. The standard InChI is InChI=1S/C20H18N4O5/c1-26-17(25)16(29-20-23-18(27-2)22-19(24-20)28-3)15(13-8-5-4-6-9-13)14-10-7-11-21-12-14/h4-12H,1-3H3/b16-15-. The molecule has 0 atom stereocenters. The van der Waals surface area contributed by atoms with Gasteiger partial charge < -0.3 is 18.9 Å². The van der Waals surface area contributed by atoms with Gasteiger partial charge in [0.2, 0.25) is 5.76 Å². The van der Waals surface area contributed by atoms with E-state index in [1.807, 2.05) is 30.3 Å². The summed E-state index contributed by atoms with van der Waals surface area (Å²) in [4.78, 5) is 28.8. The third kappa shape index (κ3) is 4.64. The van der Waals surface area contributed by atoms with Crippen LogP contribution in [0.25, 0.3) is 5.57 Å². The maximum Gasteiger partial charge on any atom is 0.374 e. The van der Waals surface area contributed by atoms with Crippen molar-refractivity contribution in [3.8, 4) is 18.0 Å². The number of pyridine rings is 1. The molecule has 0 aliphatic rings. The summed E-state index contributed by atoms with van der Waals surface area (Å²) in [5, 5.41) is 0. The van der Waals surface area contributed by atoms with Crippen molar-refractivity contribution in [1.82, 2.24) is 19.9 Å². The van der Waals surface area contributed by atoms with Crippen LogP contribution in [0.3, 0.4) is 0 Å². The van der Waals surface area contributed by atoms with Gasteiger partial charge in [0.15, 0.2) is 0 Å². The average Bonchev–Trinajstić information content (AvgIpc) is 2.79. The van der Waals surface area contributed by atoms with Crippen LogP contribution >= 0.6 is 0 Å². The Morgan fingerprint density at radius 2 is 1.41 bits per heavy atom. The first-order chi connectivity index (χ1) is 14.2. The highest BCUT2D eigenvalue weighted by Gasteiger charge is 2.24. The molecule has 0 saturated carbocycles. The fraction of sp³-hybridized carbons (Fsp3) is 0.150. The van der Waals surface area contributed by atoms with E-state index in [1.165, 1.54) is 21.3 Å². The van der Waals surface area contributed by atoms with Gasteiger partial charge in [0.1, 0.15) is 0 Å². The Bertz CT molecular complexity index is 946. The fourth-order valence-electron chi connectivity index (χ4n) is 2.47. The van der Waals surface area contributed by atoms with E-state index in [2.05, 4.69) is 19.9 Å². The molecule has 0 spiro atoms. The van der Waals surface area contributed by atoms with E-state index in [4.69, 9.17) is 18.9 Å². The summed E-state index contributed by atoms with van der Waals surface area (Å²) in [5.41, 5.74) is 1.82. The Kier molecular flexibility index (Phi) is 6.31. The molecule has 9 nitrogen and oxygen atoms in total. The number of ether oxygens (including phenoxy) is 4. The SMILES string of the molecule is COC(=O)/C(Oc1nc(OC)nc(OC)n1)=C(\c1ccccc1)c1cccnc1. The van der Waals surface area contributed by atoms with E-state index >= 15 is 0 Å². The minimum atomic E-state index is -0.717. The highest BCUT2D eigenvalue weighted by molar-refractivity contribution is 6.00. The smallest absolute Gasteiger partial charge is 0.374 e. The van der Waals surface area contributed by atoms with Gasteiger partial charge in [-0.3, -0.25) is 4.98 Å². The number of nitrogens with zero attached hydrogens (tertiary/aromatic N) is 4. The van der Waals surface area contributed by atoms with Crippen molar-refractivity contribution in [2.75, 3.05) is 21.3 Å². The van der Waals surface area contributed by atoms with Gasteiger partial charge in [-0.1, -0.05) is 36.4 Å². The second-order valence-corrected chi connectivity index (χ2v) is 5.50. The number of aromatic nitrogens is 4. The van der Waals surface area contributed by atoms with E-state index in [1.54, 1.807) is 24.5 Å². The summed E-state index contributed by atoms with van der Waals surface area (Å²) >= 11 is 0. The highest BCUT2D eigenvalue weighted by atomic mass is 16.6. The lowest BCUT2D eigenvalue weighted by atomic mass is 9.98. The van der Waals surface area contributed by atoms with Gasteiger partial charge >= 0.3 is 24.0 Å². The molecule has 0 unspecified atom stereocenters. The molecule has 1 aromatic carbocycles. The quantitative estimate of drug-likeness (QED) is 0.339. The van der Waals surface area contributed by atoms with E-state index in [9.17, 15) is 4.79 Å². The van der Waals surface area contributed by atoms with Crippen LogP contribution in [0.2, 0.25) is 0 Å². The zero-order chi connectivity index (χ0) is 20.6. The Morgan fingerprint density at radius 3 is 1.97 bits per heavy atom. The summed E-state index contributed by atoms with van der Waals surface area (Å²) < 4.78 is 20.8. The second-order valence-electron chi connectivity index (χ2n) is 5.50. The number of carbonyl (C=O) groups is 1. The minimum Gasteiger partial charge on any atom is -0.467 e. The molecular weight excluding hydrogens is 376 g/mol. The number of hydrogen-bond acceptors (Lipinski definition) is 9. The Morgan fingerprint density at radius 1 is 0.793 bits per heavy atom. The van der Waals surface area contributed by atoms with Crippen molar-refractivity contribution in [1.29, 1.82) is 0 Å². The first kappa shape index (κ1) is 19.7. The maximum atomic E-state index is 12.7. The van der Waals surface area contributed by atoms with Gasteiger partial charge in [0, 0.05) is 23.5 Å². The molecule has 29 heavy (non-hydrogen) atoms. The van der Waals surface area contributed by atoms with Crippen LogP contribution in [0.4, 0.5) is 0 Å². The highest BCUT2D eigenvalue weighted by Crippen LogP contribution is 2.29. The lowest BCUT2D eigenvalue weighted by molar-refractivity contribution is -0.138. The number of esters is 1. The molecule has 0 saturated heterocycles. The number of rotatable bonds is 7. The summed E-state index contributed by atoms with van der Waals surface area (Å²) in [6.45, 7) is 0. The molecule has 148 valence electrons. The molecule has 0 aliphatic heterocycles. The summed E-state index contributed by atoms with van der Waals surface area (Å²) in [6, 6.07) is 12.5. The fourth-order valence-corrected chi connectivity index (χ4v) is 2.47. The molecule has 2 aromatic heterocycles. The number of benzene rings is 1. The number of methoxy groups -OCH3 is 3. The molecule has 0 N–H and O–H groups in total. The van der Waals surface area contributed by atoms with Crippen molar-refractivity contribution in [3.05, 3.63) is 71.7 Å². The van der Waals surface area contributed by atoms with Gasteiger partial charge in [0.05, 0.1) is 21.3 Å². The van der Waals surface area contributed by atoms with Crippen molar-refractivity contribution in [3.63, 3.8) is 0 Å². The predicted molar refractivity (Wildman–Crippen MR) is 102 cm³/mol. The lowest BCUT2D eigenvalue weighted by Gasteiger charge is -2.15. The normalized spacial score (nSPS) is 11.3. The van der Waals surface area contributed by atoms with Gasteiger partial charge in [-0.15, -0.1) is 15.0 Å². The van der Waals surface area contributed by atoms with Gasteiger partial charge in [-0.2, -0.15) is 0 Å². The molecule has 9 heteroatoms. The van der Waals surface area contributed by atoms with Gasteiger partial charge in [-0.25, -0.2) is 4.79 Å². The third-order valence-corrected chi connectivity index (χ3v) is 3.74. The predicted octanol–water partition coefficient (Wildman–Crippen LogP) is 2.30.